The smallest absolute Gasteiger partial charge is 0.304 e. The number of hydrogen-bond acceptors (Lipinski definition) is 7. The Balaban J connectivity index is 1.51. The van der Waals surface area contributed by atoms with Crippen LogP contribution in [0.3, 0.4) is 0 Å². The summed E-state index contributed by atoms with van der Waals surface area (Å²) in [4.78, 5) is 26.7. The molecule has 1 aliphatic heterocycles. The van der Waals surface area contributed by atoms with Crippen LogP contribution in [0.15, 0.2) is 72.8 Å². The number of benzene rings is 3. The number of fused-ring (bicyclic) bond motifs is 5. The van der Waals surface area contributed by atoms with E-state index in [-0.39, 0.29) is 18.2 Å². The highest BCUT2D eigenvalue weighted by molar-refractivity contribution is 7.87. The second-order valence-corrected chi connectivity index (χ2v) is 14.3. The topological polar surface area (TPSA) is 127 Å². The number of nitrogens with zero attached hydrogens (tertiary/aromatic N) is 3. The molecule has 1 atom stereocenters. The number of para-hydroxylation sites is 1. The Morgan fingerprint density at radius 3 is 2.53 bits per heavy atom. The highest BCUT2D eigenvalue weighted by Crippen LogP contribution is 2.47. The minimum Gasteiger partial charge on any atom is -0.491 e. The van der Waals surface area contributed by atoms with Crippen molar-refractivity contribution in [1.82, 2.24) is 18.5 Å². The van der Waals surface area contributed by atoms with Crippen LogP contribution in [0.1, 0.15) is 59.5 Å². The van der Waals surface area contributed by atoms with E-state index in [2.05, 4.69) is 32.4 Å². The minimum absolute atomic E-state index is 0.0458. The van der Waals surface area contributed by atoms with E-state index in [1.54, 1.807) is 6.07 Å². The molecule has 0 bridgehead atoms. The fraction of sp³-hybridized carbons (Fsp3) is 0.389. The SMILES string of the molecule is CN(CC=O)S(=O)(=O)NC(=O)c1ccc2c(C3CCCCC3)c3n(c2c1)C[C@@H](N(CCN)Cc1ccccc1)COc1ccccc1-3. The lowest BCUT2D eigenvalue weighted by Crippen LogP contribution is -2.45. The molecule has 248 valence electrons. The molecular formula is C36H43N5O5S. The van der Waals surface area contributed by atoms with Crippen molar-refractivity contribution < 1.29 is 22.7 Å². The Kier molecular flexibility index (Phi) is 10.1. The number of rotatable bonds is 11. The van der Waals surface area contributed by atoms with Crippen LogP contribution in [0.5, 0.6) is 5.75 Å². The molecule has 1 aliphatic carbocycles. The fourth-order valence-corrected chi connectivity index (χ4v) is 7.86. The standard InChI is InChI=1S/C36H43N5O5S/c1-39(20-21-42)47(44,45)38-36(43)28-16-17-30-32(22-28)41-24-29(40(19-18-37)23-26-10-4-2-5-11-26)25-46-33-15-9-8-14-31(33)35(41)34(30)27-12-6-3-7-13-27/h2,4-5,8-11,14-17,21-22,27,29H,3,6-7,12-13,18-20,23-25,37H2,1H3,(H,38,43)/t29-/m1/s1. The predicted octanol–water partition coefficient (Wildman–Crippen LogP) is 4.68. The van der Waals surface area contributed by atoms with Crippen LogP contribution >= 0.6 is 0 Å². The van der Waals surface area contributed by atoms with E-state index in [1.807, 2.05) is 48.5 Å². The van der Waals surface area contributed by atoms with Gasteiger partial charge in [0, 0.05) is 55.3 Å². The average molecular weight is 658 g/mol. The molecule has 10 nitrogen and oxygen atoms in total. The third kappa shape index (κ3) is 6.99. The number of aromatic nitrogens is 1. The number of nitrogens with two attached hydrogens (primary N) is 1. The first-order chi connectivity index (χ1) is 22.8. The number of carbonyl (C=O) groups excluding carboxylic acids is 2. The van der Waals surface area contributed by atoms with Crippen molar-refractivity contribution >= 4 is 33.3 Å². The van der Waals surface area contributed by atoms with Crippen molar-refractivity contribution in [3.05, 3.63) is 89.5 Å². The second kappa shape index (κ2) is 14.4. The van der Waals surface area contributed by atoms with Crippen LogP contribution in [0.25, 0.3) is 22.2 Å². The fourth-order valence-electron chi connectivity index (χ4n) is 7.09. The highest BCUT2D eigenvalue weighted by Gasteiger charge is 2.32. The summed E-state index contributed by atoms with van der Waals surface area (Å²) in [6.45, 7) is 2.55. The monoisotopic (exact) mass is 657 g/mol. The summed E-state index contributed by atoms with van der Waals surface area (Å²) in [5.74, 6) is 0.405. The molecule has 0 spiro atoms. The van der Waals surface area contributed by atoms with Crippen molar-refractivity contribution in [1.29, 1.82) is 0 Å². The van der Waals surface area contributed by atoms with Gasteiger partial charge in [-0.3, -0.25) is 9.69 Å². The predicted molar refractivity (Wildman–Crippen MR) is 183 cm³/mol. The Morgan fingerprint density at radius 1 is 1.04 bits per heavy atom. The van der Waals surface area contributed by atoms with Gasteiger partial charge in [0.15, 0.2) is 0 Å². The van der Waals surface area contributed by atoms with Gasteiger partial charge in [0.25, 0.3) is 5.91 Å². The molecule has 0 saturated heterocycles. The summed E-state index contributed by atoms with van der Waals surface area (Å²) in [6, 6.07) is 23.9. The van der Waals surface area contributed by atoms with Gasteiger partial charge in [-0.15, -0.1) is 0 Å². The number of ether oxygens (including phenoxy) is 1. The summed E-state index contributed by atoms with van der Waals surface area (Å²) in [5.41, 5.74) is 11.8. The van der Waals surface area contributed by atoms with E-state index < -0.39 is 16.1 Å². The molecule has 3 aromatic carbocycles. The average Bonchev–Trinajstić information content (AvgIpc) is 3.38. The van der Waals surface area contributed by atoms with Gasteiger partial charge in [-0.2, -0.15) is 12.7 Å². The molecular weight excluding hydrogens is 614 g/mol. The molecule has 0 radical (unpaired) electrons. The van der Waals surface area contributed by atoms with Crippen molar-refractivity contribution in [2.75, 3.05) is 33.3 Å². The van der Waals surface area contributed by atoms with Crippen molar-refractivity contribution in [2.45, 2.75) is 57.2 Å². The zero-order chi connectivity index (χ0) is 33.0. The molecule has 2 aliphatic rings. The van der Waals surface area contributed by atoms with Crippen LogP contribution in [0.2, 0.25) is 0 Å². The van der Waals surface area contributed by atoms with Crippen LogP contribution in [0.4, 0.5) is 0 Å². The third-order valence-corrected chi connectivity index (χ3v) is 10.9. The van der Waals surface area contributed by atoms with E-state index in [4.69, 9.17) is 10.5 Å². The molecule has 1 fully saturated rings. The number of likely N-dealkylation sites (N-methyl/N-ethyl adjacent to an activating group) is 1. The molecule has 47 heavy (non-hydrogen) atoms. The molecule has 1 saturated carbocycles. The van der Waals surface area contributed by atoms with Gasteiger partial charge in [-0.05, 0) is 54.2 Å². The van der Waals surface area contributed by atoms with Gasteiger partial charge in [0.2, 0.25) is 0 Å². The first-order valence-corrected chi connectivity index (χ1v) is 17.8. The molecule has 3 N–H and O–H groups in total. The maximum atomic E-state index is 13.4. The van der Waals surface area contributed by atoms with E-state index in [9.17, 15) is 18.0 Å². The zero-order valence-corrected chi connectivity index (χ0v) is 27.6. The number of aldehydes is 1. The Bertz CT molecular complexity index is 1840. The van der Waals surface area contributed by atoms with Gasteiger partial charge in [-0.1, -0.05) is 67.8 Å². The number of carbonyl (C=O) groups is 2. The first kappa shape index (κ1) is 32.9. The highest BCUT2D eigenvalue weighted by atomic mass is 32.2. The van der Waals surface area contributed by atoms with E-state index in [0.717, 1.165) is 57.9 Å². The second-order valence-electron chi connectivity index (χ2n) is 12.5. The molecule has 6 rings (SSSR count). The van der Waals surface area contributed by atoms with Gasteiger partial charge < -0.3 is 19.8 Å². The Hall–Kier alpha value is -4.03. The number of hydrogen-bond donors (Lipinski definition) is 2. The third-order valence-electron chi connectivity index (χ3n) is 9.47. The van der Waals surface area contributed by atoms with E-state index in [1.165, 1.54) is 24.6 Å². The van der Waals surface area contributed by atoms with Gasteiger partial charge >= 0.3 is 10.2 Å². The number of amides is 1. The Morgan fingerprint density at radius 2 is 1.79 bits per heavy atom. The maximum Gasteiger partial charge on any atom is 0.304 e. The lowest BCUT2D eigenvalue weighted by Gasteiger charge is -2.34. The molecule has 1 aromatic heterocycles. The van der Waals surface area contributed by atoms with E-state index >= 15 is 0 Å². The molecule has 11 heteroatoms. The summed E-state index contributed by atoms with van der Waals surface area (Å²) in [7, 11) is -2.95. The van der Waals surface area contributed by atoms with Gasteiger partial charge in [0.1, 0.15) is 18.6 Å². The van der Waals surface area contributed by atoms with Gasteiger partial charge in [0.05, 0.1) is 18.3 Å². The van der Waals surface area contributed by atoms with Crippen molar-refractivity contribution in [3.63, 3.8) is 0 Å². The zero-order valence-electron chi connectivity index (χ0n) is 26.8. The molecule has 4 aromatic rings. The normalized spacial score (nSPS) is 17.1. The Labute approximate surface area is 276 Å². The minimum atomic E-state index is -4.20. The van der Waals surface area contributed by atoms with Crippen LogP contribution < -0.4 is 15.2 Å². The lowest BCUT2D eigenvalue weighted by atomic mass is 9.81. The molecule has 2 heterocycles. The summed E-state index contributed by atoms with van der Waals surface area (Å²) < 4.78 is 37.4. The largest absolute Gasteiger partial charge is 0.491 e. The lowest BCUT2D eigenvalue weighted by molar-refractivity contribution is -0.107. The van der Waals surface area contributed by atoms with Crippen LogP contribution in [0, 0.1) is 0 Å². The summed E-state index contributed by atoms with van der Waals surface area (Å²) >= 11 is 0. The maximum absolute atomic E-state index is 13.4. The van der Waals surface area contributed by atoms with Crippen molar-refractivity contribution in [3.8, 4) is 17.0 Å². The first-order valence-electron chi connectivity index (χ1n) is 16.4. The van der Waals surface area contributed by atoms with E-state index in [0.29, 0.717) is 45.0 Å². The molecule has 0 unspecified atom stereocenters. The summed E-state index contributed by atoms with van der Waals surface area (Å²) in [6.07, 6.45) is 6.17. The van der Waals surface area contributed by atoms with Crippen molar-refractivity contribution in [2.24, 2.45) is 5.73 Å². The summed E-state index contributed by atoms with van der Waals surface area (Å²) in [5, 5.41) is 1.06. The van der Waals surface area contributed by atoms with Gasteiger partial charge in [-0.25, -0.2) is 4.72 Å². The molecule has 1 amide bonds. The van der Waals surface area contributed by atoms with Crippen LogP contribution in [-0.2, 0) is 28.1 Å². The van der Waals surface area contributed by atoms with Crippen LogP contribution in [-0.4, -0.2) is 73.7 Å². The quantitative estimate of drug-likeness (QED) is 0.224. The number of nitrogens with one attached hydrogen (secondary N) is 1.